The predicted molar refractivity (Wildman–Crippen MR) is 136 cm³/mol. The van der Waals surface area contributed by atoms with E-state index in [-0.39, 0.29) is 29.0 Å². The Morgan fingerprint density at radius 2 is 1.36 bits per heavy atom. The van der Waals surface area contributed by atoms with Crippen molar-refractivity contribution in [3.8, 4) is 23.0 Å². The molecule has 10 N–H and O–H groups in total. The number of ether oxygens (including phenoxy) is 4. The van der Waals surface area contributed by atoms with E-state index in [1.165, 1.54) is 24.3 Å². The Morgan fingerprint density at radius 3 is 1.98 bits per heavy atom. The Labute approximate surface area is 238 Å². The number of aliphatic hydroxyl groups is 8. The topological polar surface area (TPSA) is 256 Å². The first-order chi connectivity index (χ1) is 20.0. The molecule has 230 valence electrons. The van der Waals surface area contributed by atoms with Gasteiger partial charge in [0.2, 0.25) is 6.29 Å². The number of phenols is 2. The molecule has 15 nitrogen and oxygen atoms in total. The number of hydrogen-bond acceptors (Lipinski definition) is 15. The zero-order chi connectivity index (χ0) is 30.5. The Balaban J connectivity index is 1.41. The first-order valence-corrected chi connectivity index (χ1v) is 13.1. The van der Waals surface area contributed by atoms with Crippen molar-refractivity contribution < 1.29 is 74.8 Å². The molecule has 0 saturated carbocycles. The summed E-state index contributed by atoms with van der Waals surface area (Å²) in [4.78, 5) is 13.1. The van der Waals surface area contributed by atoms with Gasteiger partial charge in [0.25, 0.3) is 0 Å². The highest BCUT2D eigenvalue weighted by Gasteiger charge is 2.48. The fraction of sp³-hybridized carbons (Fsp3) is 0.519. The Kier molecular flexibility index (Phi) is 8.60. The molecule has 0 unspecified atom stereocenters. The first-order valence-electron chi connectivity index (χ1n) is 13.1. The molecular formula is C27H32O15. The number of rotatable bonds is 6. The first kappa shape index (κ1) is 30.4. The molecule has 2 fully saturated rings. The lowest BCUT2D eigenvalue weighted by Gasteiger charge is -2.41. The largest absolute Gasteiger partial charge is 0.507 e. The summed E-state index contributed by atoms with van der Waals surface area (Å²) in [5.74, 6) is -1.97. The molecule has 3 aliphatic heterocycles. The number of aliphatic hydroxyl groups excluding tert-OH is 8. The fourth-order valence-electron chi connectivity index (χ4n) is 5.35. The van der Waals surface area contributed by atoms with Crippen molar-refractivity contribution >= 4 is 5.78 Å². The number of carbonyl (C=O) groups is 1. The molecule has 0 radical (unpaired) electrons. The van der Waals surface area contributed by atoms with Gasteiger partial charge in [0, 0.05) is 6.07 Å². The maximum Gasteiger partial charge on any atom is 0.229 e. The molecule has 11 atom stereocenters. The molecule has 3 aliphatic rings. The van der Waals surface area contributed by atoms with Crippen molar-refractivity contribution in [1.29, 1.82) is 0 Å². The Bertz CT molecular complexity index is 1280. The van der Waals surface area contributed by atoms with Gasteiger partial charge in [-0.15, -0.1) is 0 Å². The van der Waals surface area contributed by atoms with E-state index in [4.69, 9.17) is 18.9 Å². The molecule has 3 heterocycles. The van der Waals surface area contributed by atoms with Gasteiger partial charge >= 0.3 is 0 Å². The number of carbonyl (C=O) groups excluding carboxylic acids is 1. The van der Waals surface area contributed by atoms with Gasteiger partial charge in [-0.3, -0.25) is 4.79 Å². The normalized spacial score (nSPS) is 36.7. The van der Waals surface area contributed by atoms with E-state index in [1.54, 1.807) is 0 Å². The van der Waals surface area contributed by atoms with Gasteiger partial charge in [-0.25, -0.2) is 0 Å². The van der Waals surface area contributed by atoms with Crippen LogP contribution in [0.25, 0.3) is 0 Å². The number of benzene rings is 2. The molecule has 5 rings (SSSR count). The molecule has 0 amide bonds. The molecule has 0 bridgehead atoms. The molecular weight excluding hydrogens is 564 g/mol. The van der Waals surface area contributed by atoms with Gasteiger partial charge < -0.3 is 70.0 Å². The van der Waals surface area contributed by atoms with E-state index in [0.717, 1.165) is 6.07 Å². The zero-order valence-electron chi connectivity index (χ0n) is 21.9. The van der Waals surface area contributed by atoms with Crippen LogP contribution in [0, 0.1) is 0 Å². The quantitative estimate of drug-likeness (QED) is 0.165. The van der Waals surface area contributed by atoms with Crippen LogP contribution in [0.3, 0.4) is 0 Å². The molecule has 42 heavy (non-hydrogen) atoms. The summed E-state index contributed by atoms with van der Waals surface area (Å²) >= 11 is 0. The molecule has 0 spiro atoms. The van der Waals surface area contributed by atoms with Gasteiger partial charge in [0.1, 0.15) is 89.6 Å². The summed E-state index contributed by atoms with van der Waals surface area (Å²) in [6.07, 6.45) is -16.7. The van der Waals surface area contributed by atoms with Crippen LogP contribution in [-0.4, -0.2) is 125 Å². The standard InChI is InChI=1S/C27H32O15/c28-7-15-19(33)21(35)23(37)26(41-15)18-12(31)5-11(30)17-13(32)6-14(40-25(17)18)9-1-3-10(4-2-9)39-27-24(38)22(36)20(34)16(8-29)42-27/h1-5,14-16,19-24,26-31,33-38H,6-8H2/t14-,15-,16-,19-,20-,21+,22+,23-,24-,26+,27-/m1/s1. The van der Waals surface area contributed by atoms with Crippen molar-refractivity contribution in [3.63, 3.8) is 0 Å². The third kappa shape index (κ3) is 5.28. The lowest BCUT2D eigenvalue weighted by Crippen LogP contribution is -2.60. The molecule has 0 aliphatic carbocycles. The maximum atomic E-state index is 13.1. The number of ketones is 1. The Hall–Kier alpha value is -3.09. The van der Waals surface area contributed by atoms with Crippen molar-refractivity contribution in [2.75, 3.05) is 13.2 Å². The van der Waals surface area contributed by atoms with E-state index in [2.05, 4.69) is 0 Å². The van der Waals surface area contributed by atoms with Gasteiger partial charge in [-0.05, 0) is 17.7 Å². The second-order valence-electron chi connectivity index (χ2n) is 10.4. The van der Waals surface area contributed by atoms with Crippen LogP contribution in [0.2, 0.25) is 0 Å². The smallest absolute Gasteiger partial charge is 0.229 e. The zero-order valence-corrected chi connectivity index (χ0v) is 21.9. The second kappa shape index (κ2) is 11.9. The summed E-state index contributed by atoms with van der Waals surface area (Å²) in [6.45, 7) is -1.36. The van der Waals surface area contributed by atoms with Crippen LogP contribution in [0.15, 0.2) is 30.3 Å². The average molecular weight is 597 g/mol. The van der Waals surface area contributed by atoms with E-state index >= 15 is 0 Å². The monoisotopic (exact) mass is 596 g/mol. The summed E-state index contributed by atoms with van der Waals surface area (Å²) in [7, 11) is 0. The average Bonchev–Trinajstić information content (AvgIpc) is 2.97. The minimum Gasteiger partial charge on any atom is -0.507 e. The molecule has 2 aromatic rings. The third-order valence-corrected chi connectivity index (χ3v) is 7.72. The highest BCUT2D eigenvalue weighted by molar-refractivity contribution is 6.03. The molecule has 2 aromatic carbocycles. The van der Waals surface area contributed by atoms with E-state index in [9.17, 15) is 55.9 Å². The van der Waals surface area contributed by atoms with Gasteiger partial charge in [0.05, 0.1) is 25.2 Å². The van der Waals surface area contributed by atoms with Crippen LogP contribution >= 0.6 is 0 Å². The van der Waals surface area contributed by atoms with Crippen LogP contribution in [0.1, 0.15) is 40.1 Å². The van der Waals surface area contributed by atoms with Gasteiger partial charge in [-0.1, -0.05) is 12.1 Å². The number of fused-ring (bicyclic) bond motifs is 1. The van der Waals surface area contributed by atoms with Gasteiger partial charge in [0.15, 0.2) is 5.78 Å². The molecule has 15 heteroatoms. The van der Waals surface area contributed by atoms with E-state index < -0.39 is 97.8 Å². The van der Waals surface area contributed by atoms with Crippen LogP contribution in [0.4, 0.5) is 0 Å². The Morgan fingerprint density at radius 1 is 0.762 bits per heavy atom. The van der Waals surface area contributed by atoms with Crippen LogP contribution < -0.4 is 9.47 Å². The van der Waals surface area contributed by atoms with Crippen molar-refractivity contribution in [2.24, 2.45) is 0 Å². The minimum atomic E-state index is -1.81. The number of hydrogen-bond donors (Lipinski definition) is 10. The summed E-state index contributed by atoms with van der Waals surface area (Å²) < 4.78 is 22.5. The number of aromatic hydroxyl groups is 2. The highest BCUT2D eigenvalue weighted by atomic mass is 16.7. The minimum absolute atomic E-state index is 0.155. The predicted octanol–water partition coefficient (Wildman–Crippen LogP) is -2.50. The summed E-state index contributed by atoms with van der Waals surface area (Å²) in [5, 5.41) is 101. The number of phenolic OH excluding ortho intramolecular Hbond substituents is 2. The molecule has 2 saturated heterocycles. The lowest BCUT2D eigenvalue weighted by molar-refractivity contribution is -0.277. The summed E-state index contributed by atoms with van der Waals surface area (Å²) in [6, 6.07) is 6.77. The molecule has 0 aromatic heterocycles. The maximum absolute atomic E-state index is 13.1. The highest BCUT2D eigenvalue weighted by Crippen LogP contribution is 2.50. The van der Waals surface area contributed by atoms with Crippen LogP contribution in [-0.2, 0) is 9.47 Å². The second-order valence-corrected chi connectivity index (χ2v) is 10.4. The van der Waals surface area contributed by atoms with E-state index in [1.807, 2.05) is 0 Å². The fourth-order valence-corrected chi connectivity index (χ4v) is 5.35. The number of Topliss-reactive ketones (excluding diaryl/α,β-unsaturated/α-hetero) is 1. The van der Waals surface area contributed by atoms with E-state index in [0.29, 0.717) is 5.56 Å². The van der Waals surface area contributed by atoms with Crippen molar-refractivity contribution in [2.45, 2.75) is 73.8 Å². The third-order valence-electron chi connectivity index (χ3n) is 7.72. The summed E-state index contributed by atoms with van der Waals surface area (Å²) in [5.41, 5.74) is -0.142. The van der Waals surface area contributed by atoms with Crippen molar-refractivity contribution in [1.82, 2.24) is 0 Å². The van der Waals surface area contributed by atoms with Gasteiger partial charge in [-0.2, -0.15) is 0 Å². The lowest BCUT2D eigenvalue weighted by atomic mass is 9.87. The van der Waals surface area contributed by atoms with Crippen LogP contribution in [0.5, 0.6) is 23.0 Å². The SMILES string of the molecule is O=C1C[C@H](c2ccc(O[C@@H]3O[C@H](CO)[C@@H](O)[C@H](O)[C@H]3O)cc2)Oc2c1c(O)cc(O)c2[C@@H]1O[C@H](CO)[C@@H](O)[C@H](O)[C@H]1O. The van der Waals surface area contributed by atoms with Crippen molar-refractivity contribution in [3.05, 3.63) is 47.0 Å².